The van der Waals surface area contributed by atoms with Crippen LogP contribution >= 0.6 is 0 Å². The van der Waals surface area contributed by atoms with Gasteiger partial charge in [-0.1, -0.05) is 0 Å². The summed E-state index contributed by atoms with van der Waals surface area (Å²) in [5.41, 5.74) is 5.89. The topological polar surface area (TPSA) is 60.2 Å². The normalized spacial score (nSPS) is 20.8. The third-order valence-electron chi connectivity index (χ3n) is 2.61. The Bertz CT molecular complexity index is 242. The maximum atomic E-state index is 10.8. The average Bonchev–Trinajstić information content (AvgIpc) is 2.67. The monoisotopic (exact) mass is 191 g/mol. The molecule has 1 aliphatic rings. The highest BCUT2D eigenvalue weighted by molar-refractivity contribution is 7.90. The second-order valence-corrected chi connectivity index (χ2v) is 6.20. The zero-order chi connectivity index (χ0) is 9.24. The fraction of sp³-hybridized carbons (Fsp3) is 1.00. The molecule has 0 bridgehead atoms. The van der Waals surface area contributed by atoms with Crippen LogP contribution in [0.3, 0.4) is 0 Å². The van der Waals surface area contributed by atoms with Crippen LogP contribution in [0, 0.1) is 5.41 Å². The van der Waals surface area contributed by atoms with Crippen LogP contribution in [0.15, 0.2) is 0 Å². The highest BCUT2D eigenvalue weighted by atomic mass is 32.2. The zero-order valence-electron chi connectivity index (χ0n) is 7.54. The molecule has 0 atom stereocenters. The molecule has 0 unspecified atom stereocenters. The molecule has 72 valence electrons. The maximum absolute atomic E-state index is 10.8. The third-order valence-corrected chi connectivity index (χ3v) is 3.64. The first-order valence-electron chi connectivity index (χ1n) is 4.35. The van der Waals surface area contributed by atoms with Crippen LogP contribution in [0.5, 0.6) is 0 Å². The Balaban J connectivity index is 2.19. The van der Waals surface area contributed by atoms with Crippen molar-refractivity contribution < 1.29 is 8.42 Å². The first-order valence-corrected chi connectivity index (χ1v) is 6.41. The standard InChI is InChI=1S/C8H17NO2S/c1-12(10,11)6-2-3-8(7-9)4-5-8/h2-7,9H2,1H3. The number of nitrogens with two attached hydrogens (primary N) is 1. The molecule has 0 aliphatic heterocycles. The molecule has 3 nitrogen and oxygen atoms in total. The molecule has 2 N–H and O–H groups in total. The Morgan fingerprint density at radius 3 is 2.33 bits per heavy atom. The van der Waals surface area contributed by atoms with Crippen LogP contribution in [0.2, 0.25) is 0 Å². The Kier molecular flexibility index (Phi) is 2.78. The molecule has 1 fully saturated rings. The summed E-state index contributed by atoms with van der Waals surface area (Å²) in [7, 11) is -2.77. The van der Waals surface area contributed by atoms with E-state index >= 15 is 0 Å². The van der Waals surface area contributed by atoms with Gasteiger partial charge in [-0.25, -0.2) is 8.42 Å². The van der Waals surface area contributed by atoms with E-state index in [2.05, 4.69) is 0 Å². The molecule has 0 aromatic rings. The summed E-state index contributed by atoms with van der Waals surface area (Å²) in [4.78, 5) is 0. The van der Waals surface area contributed by atoms with E-state index in [1.807, 2.05) is 0 Å². The molecule has 0 spiro atoms. The van der Waals surface area contributed by atoms with Crippen LogP contribution in [0.25, 0.3) is 0 Å². The van der Waals surface area contributed by atoms with Gasteiger partial charge >= 0.3 is 0 Å². The lowest BCUT2D eigenvalue weighted by Gasteiger charge is -2.10. The highest BCUT2D eigenvalue weighted by Gasteiger charge is 2.40. The molecule has 1 aliphatic carbocycles. The molecule has 0 saturated heterocycles. The Morgan fingerprint density at radius 2 is 2.00 bits per heavy atom. The van der Waals surface area contributed by atoms with Gasteiger partial charge in [0.1, 0.15) is 9.84 Å². The van der Waals surface area contributed by atoms with Crippen molar-refractivity contribution in [2.75, 3.05) is 18.6 Å². The lowest BCUT2D eigenvalue weighted by atomic mass is 10.0. The predicted octanol–water partition coefficient (Wildman–Crippen LogP) is 0.550. The molecule has 1 rings (SSSR count). The third kappa shape index (κ3) is 3.11. The summed E-state index contributed by atoms with van der Waals surface area (Å²) >= 11 is 0. The summed E-state index contributed by atoms with van der Waals surface area (Å²) in [6, 6.07) is 0. The molecule has 0 aromatic heterocycles. The van der Waals surface area contributed by atoms with Crippen molar-refractivity contribution in [1.82, 2.24) is 0 Å². The fourth-order valence-corrected chi connectivity index (χ4v) is 2.11. The Morgan fingerprint density at radius 1 is 1.42 bits per heavy atom. The van der Waals surface area contributed by atoms with Gasteiger partial charge in [0.05, 0.1) is 0 Å². The van der Waals surface area contributed by atoms with E-state index < -0.39 is 9.84 Å². The minimum absolute atomic E-state index is 0.314. The number of hydrogen-bond acceptors (Lipinski definition) is 3. The Labute approximate surface area is 74.3 Å². The van der Waals surface area contributed by atoms with E-state index in [0.29, 0.717) is 11.2 Å². The van der Waals surface area contributed by atoms with Gasteiger partial charge in [-0.05, 0) is 37.6 Å². The van der Waals surface area contributed by atoms with Crippen molar-refractivity contribution in [3.05, 3.63) is 0 Å². The van der Waals surface area contributed by atoms with Gasteiger partial charge in [0.2, 0.25) is 0 Å². The van der Waals surface area contributed by atoms with E-state index in [4.69, 9.17) is 5.73 Å². The molecule has 0 radical (unpaired) electrons. The minimum Gasteiger partial charge on any atom is -0.330 e. The van der Waals surface area contributed by atoms with Gasteiger partial charge in [-0.15, -0.1) is 0 Å². The summed E-state index contributed by atoms with van der Waals surface area (Å²) in [6.07, 6.45) is 5.42. The van der Waals surface area contributed by atoms with E-state index in [1.54, 1.807) is 0 Å². The van der Waals surface area contributed by atoms with Crippen molar-refractivity contribution in [2.45, 2.75) is 25.7 Å². The van der Waals surface area contributed by atoms with Gasteiger partial charge in [0, 0.05) is 12.0 Å². The first kappa shape index (κ1) is 9.99. The van der Waals surface area contributed by atoms with Crippen molar-refractivity contribution in [3.63, 3.8) is 0 Å². The van der Waals surface area contributed by atoms with Crippen LogP contribution in [0.1, 0.15) is 25.7 Å². The SMILES string of the molecule is CS(=O)(=O)CCCC1(CN)CC1. The number of sulfone groups is 1. The van der Waals surface area contributed by atoms with Crippen molar-refractivity contribution in [2.24, 2.45) is 11.1 Å². The van der Waals surface area contributed by atoms with Gasteiger partial charge in [0.15, 0.2) is 0 Å². The lowest BCUT2D eigenvalue weighted by Crippen LogP contribution is -2.16. The summed E-state index contributed by atoms with van der Waals surface area (Å²) < 4.78 is 21.6. The molecule has 4 heteroatoms. The average molecular weight is 191 g/mol. The van der Waals surface area contributed by atoms with Gasteiger partial charge < -0.3 is 5.73 Å². The van der Waals surface area contributed by atoms with E-state index in [9.17, 15) is 8.42 Å². The summed E-state index contributed by atoms with van der Waals surface area (Å²) in [5, 5.41) is 0. The van der Waals surface area contributed by atoms with Crippen LogP contribution in [0.4, 0.5) is 0 Å². The molecule has 0 heterocycles. The molecule has 0 aromatic carbocycles. The molecular weight excluding hydrogens is 174 g/mol. The number of rotatable bonds is 5. The summed E-state index contributed by atoms with van der Waals surface area (Å²) in [6.45, 7) is 0.719. The smallest absolute Gasteiger partial charge is 0.147 e. The van der Waals surface area contributed by atoms with E-state index in [-0.39, 0.29) is 0 Å². The molecular formula is C8H17NO2S. The van der Waals surface area contributed by atoms with Crippen molar-refractivity contribution in [3.8, 4) is 0 Å². The zero-order valence-corrected chi connectivity index (χ0v) is 8.36. The van der Waals surface area contributed by atoms with Gasteiger partial charge in [-0.3, -0.25) is 0 Å². The van der Waals surface area contributed by atoms with E-state index in [1.165, 1.54) is 19.1 Å². The fourth-order valence-electron chi connectivity index (χ4n) is 1.44. The highest BCUT2D eigenvalue weighted by Crippen LogP contribution is 2.48. The van der Waals surface area contributed by atoms with Gasteiger partial charge in [-0.2, -0.15) is 0 Å². The van der Waals surface area contributed by atoms with Crippen molar-refractivity contribution in [1.29, 1.82) is 0 Å². The van der Waals surface area contributed by atoms with Crippen LogP contribution < -0.4 is 5.73 Å². The van der Waals surface area contributed by atoms with Crippen LogP contribution in [-0.4, -0.2) is 27.0 Å². The second kappa shape index (κ2) is 3.34. The second-order valence-electron chi connectivity index (χ2n) is 3.94. The number of hydrogen-bond donors (Lipinski definition) is 1. The maximum Gasteiger partial charge on any atom is 0.147 e. The van der Waals surface area contributed by atoms with E-state index in [0.717, 1.165) is 19.4 Å². The molecule has 0 amide bonds. The quantitative estimate of drug-likeness (QED) is 0.690. The predicted molar refractivity (Wildman–Crippen MR) is 49.7 cm³/mol. The largest absolute Gasteiger partial charge is 0.330 e. The Hall–Kier alpha value is -0.0900. The lowest BCUT2D eigenvalue weighted by molar-refractivity contribution is 0.470. The summed E-state index contributed by atoms with van der Waals surface area (Å²) in [5.74, 6) is 0.314. The molecule has 12 heavy (non-hydrogen) atoms. The van der Waals surface area contributed by atoms with Gasteiger partial charge in [0.25, 0.3) is 0 Å². The minimum atomic E-state index is -2.77. The first-order chi connectivity index (χ1) is 5.47. The van der Waals surface area contributed by atoms with Crippen molar-refractivity contribution >= 4 is 9.84 Å². The van der Waals surface area contributed by atoms with Crippen LogP contribution in [-0.2, 0) is 9.84 Å². The molecule has 1 saturated carbocycles.